The van der Waals surface area contributed by atoms with E-state index >= 15 is 0 Å². The Labute approximate surface area is 140 Å². The smallest absolute Gasteiger partial charge is 0.249 e. The maximum atomic E-state index is 12.3. The number of unbranched alkanes of at least 4 members (excludes halogenated alkanes) is 2. The molecule has 0 heterocycles. The lowest BCUT2D eigenvalue weighted by molar-refractivity contribution is 0.100. The normalized spacial score (nSPS) is 12.5. The average Bonchev–Trinajstić information content (AvgIpc) is 2.57. The lowest BCUT2D eigenvalue weighted by Gasteiger charge is -2.23. The quantitative estimate of drug-likeness (QED) is 0.636. The Bertz CT molecular complexity index is 675. The number of fused-ring (bicyclic) bond motifs is 1. The molecule has 0 radical (unpaired) electrons. The van der Waals surface area contributed by atoms with E-state index in [0.717, 1.165) is 35.6 Å². The molecule has 2 N–H and O–H groups in total. The molecule has 0 spiro atoms. The monoisotopic (exact) mass is 311 g/mol. The molecule has 2 aromatic carbocycles. The summed E-state index contributed by atoms with van der Waals surface area (Å²) in [6.45, 7) is 6.61. The van der Waals surface area contributed by atoms with Gasteiger partial charge in [0.2, 0.25) is 5.91 Å². The molecule has 2 heteroatoms. The third kappa shape index (κ3) is 3.74. The van der Waals surface area contributed by atoms with E-state index in [1.807, 2.05) is 18.2 Å². The van der Waals surface area contributed by atoms with Crippen molar-refractivity contribution < 1.29 is 4.79 Å². The maximum Gasteiger partial charge on any atom is 0.249 e. The molecule has 1 unspecified atom stereocenters. The number of benzene rings is 2. The first-order chi connectivity index (χ1) is 11.1. The highest BCUT2D eigenvalue weighted by atomic mass is 16.1. The highest BCUT2D eigenvalue weighted by Gasteiger charge is 2.22. The van der Waals surface area contributed by atoms with Crippen molar-refractivity contribution in [2.75, 3.05) is 0 Å². The SMILES string of the molecule is CCCCCC(CC)c1c(CC)cc2ccccc2c1C(N)=O. The minimum atomic E-state index is -0.291. The Morgan fingerprint density at radius 1 is 1.13 bits per heavy atom. The van der Waals surface area contributed by atoms with Gasteiger partial charge in [-0.25, -0.2) is 0 Å². The Hall–Kier alpha value is -1.83. The lowest BCUT2D eigenvalue weighted by atomic mass is 9.81. The zero-order valence-corrected chi connectivity index (χ0v) is 14.7. The molecule has 0 aliphatic rings. The van der Waals surface area contributed by atoms with Gasteiger partial charge >= 0.3 is 0 Å². The van der Waals surface area contributed by atoms with Crippen LogP contribution in [0.5, 0.6) is 0 Å². The maximum absolute atomic E-state index is 12.3. The lowest BCUT2D eigenvalue weighted by Crippen LogP contribution is -2.18. The van der Waals surface area contributed by atoms with Crippen molar-refractivity contribution in [2.45, 2.75) is 65.2 Å². The molecule has 2 nitrogen and oxygen atoms in total. The first-order valence-corrected chi connectivity index (χ1v) is 8.98. The van der Waals surface area contributed by atoms with Crippen LogP contribution in [0, 0.1) is 0 Å². The number of amides is 1. The van der Waals surface area contributed by atoms with Gasteiger partial charge in [-0.05, 0) is 47.1 Å². The summed E-state index contributed by atoms with van der Waals surface area (Å²) in [6, 6.07) is 10.4. The molecule has 23 heavy (non-hydrogen) atoms. The molecular weight excluding hydrogens is 282 g/mol. The predicted octanol–water partition coefficient (Wildman–Crippen LogP) is 5.58. The van der Waals surface area contributed by atoms with E-state index in [0.29, 0.717) is 5.92 Å². The van der Waals surface area contributed by atoms with Crippen LogP contribution in [-0.4, -0.2) is 5.91 Å². The molecule has 2 rings (SSSR count). The summed E-state index contributed by atoms with van der Waals surface area (Å²) in [5.74, 6) is 0.129. The van der Waals surface area contributed by atoms with E-state index in [4.69, 9.17) is 5.73 Å². The molecule has 0 bridgehead atoms. The summed E-state index contributed by atoms with van der Waals surface area (Å²) in [4.78, 5) is 12.3. The molecule has 0 aromatic heterocycles. The van der Waals surface area contributed by atoms with E-state index in [-0.39, 0.29) is 5.91 Å². The fourth-order valence-electron chi connectivity index (χ4n) is 3.64. The molecule has 1 amide bonds. The number of carbonyl (C=O) groups is 1. The molecule has 0 aliphatic carbocycles. The van der Waals surface area contributed by atoms with E-state index in [9.17, 15) is 4.79 Å². The van der Waals surface area contributed by atoms with E-state index in [1.165, 1.54) is 30.4 Å². The van der Waals surface area contributed by atoms with Crippen LogP contribution in [0.2, 0.25) is 0 Å². The van der Waals surface area contributed by atoms with Crippen molar-refractivity contribution in [3.8, 4) is 0 Å². The van der Waals surface area contributed by atoms with Crippen molar-refractivity contribution in [1.82, 2.24) is 0 Å². The van der Waals surface area contributed by atoms with E-state index in [1.54, 1.807) is 0 Å². The number of aryl methyl sites for hydroxylation is 1. The fourth-order valence-corrected chi connectivity index (χ4v) is 3.64. The van der Waals surface area contributed by atoms with Gasteiger partial charge in [-0.1, -0.05) is 70.4 Å². The third-order valence-electron chi connectivity index (χ3n) is 4.86. The molecule has 0 aliphatic heterocycles. The van der Waals surface area contributed by atoms with Crippen molar-refractivity contribution in [3.05, 3.63) is 47.0 Å². The second kappa shape index (κ2) is 8.14. The number of carbonyl (C=O) groups excluding carboxylic acids is 1. The van der Waals surface area contributed by atoms with E-state index in [2.05, 4.69) is 32.9 Å². The fraction of sp³-hybridized carbons (Fsp3) is 0.476. The summed E-state index contributed by atoms with van der Waals surface area (Å²) in [5, 5.41) is 2.12. The van der Waals surface area contributed by atoms with Crippen LogP contribution in [0.15, 0.2) is 30.3 Å². The van der Waals surface area contributed by atoms with Gasteiger partial charge in [-0.15, -0.1) is 0 Å². The first-order valence-electron chi connectivity index (χ1n) is 8.98. The van der Waals surface area contributed by atoms with Gasteiger partial charge in [0.1, 0.15) is 0 Å². The topological polar surface area (TPSA) is 43.1 Å². The van der Waals surface area contributed by atoms with Gasteiger partial charge in [-0.3, -0.25) is 4.79 Å². The first kappa shape index (κ1) is 17.5. The van der Waals surface area contributed by atoms with Crippen LogP contribution in [0.25, 0.3) is 10.8 Å². The van der Waals surface area contributed by atoms with Gasteiger partial charge in [0, 0.05) is 0 Å². The predicted molar refractivity (Wildman–Crippen MR) is 99.0 cm³/mol. The van der Waals surface area contributed by atoms with Gasteiger partial charge < -0.3 is 5.73 Å². The van der Waals surface area contributed by atoms with Crippen LogP contribution in [0.4, 0.5) is 0 Å². The molecule has 124 valence electrons. The van der Waals surface area contributed by atoms with Gasteiger partial charge in [0.15, 0.2) is 0 Å². The number of rotatable bonds is 8. The van der Waals surface area contributed by atoms with E-state index < -0.39 is 0 Å². The Balaban J connectivity index is 2.63. The van der Waals surface area contributed by atoms with Gasteiger partial charge in [-0.2, -0.15) is 0 Å². The van der Waals surface area contributed by atoms with Gasteiger partial charge in [0.05, 0.1) is 5.56 Å². The molecule has 0 saturated carbocycles. The van der Waals surface area contributed by atoms with Crippen molar-refractivity contribution in [2.24, 2.45) is 5.73 Å². The Kier molecular flexibility index (Phi) is 6.20. The summed E-state index contributed by atoms with van der Waals surface area (Å²) in [7, 11) is 0. The Morgan fingerprint density at radius 2 is 1.87 bits per heavy atom. The molecule has 0 fully saturated rings. The van der Waals surface area contributed by atoms with Crippen LogP contribution in [0.1, 0.15) is 80.3 Å². The number of nitrogens with two attached hydrogens (primary N) is 1. The molecular formula is C21H29NO. The molecule has 1 atom stereocenters. The van der Waals surface area contributed by atoms with Crippen molar-refractivity contribution in [3.63, 3.8) is 0 Å². The number of primary amides is 1. The van der Waals surface area contributed by atoms with Crippen LogP contribution >= 0.6 is 0 Å². The minimum Gasteiger partial charge on any atom is -0.366 e. The zero-order chi connectivity index (χ0) is 16.8. The summed E-state index contributed by atoms with van der Waals surface area (Å²) >= 11 is 0. The van der Waals surface area contributed by atoms with Crippen LogP contribution in [-0.2, 0) is 6.42 Å². The van der Waals surface area contributed by atoms with Gasteiger partial charge in [0.25, 0.3) is 0 Å². The summed E-state index contributed by atoms with van der Waals surface area (Å²) in [6.07, 6.45) is 6.80. The number of hydrogen-bond acceptors (Lipinski definition) is 1. The second-order valence-corrected chi connectivity index (χ2v) is 6.36. The molecule has 0 saturated heterocycles. The largest absolute Gasteiger partial charge is 0.366 e. The van der Waals surface area contributed by atoms with Crippen molar-refractivity contribution >= 4 is 16.7 Å². The summed E-state index contributed by atoms with van der Waals surface area (Å²) in [5.41, 5.74) is 9.05. The van der Waals surface area contributed by atoms with Crippen LogP contribution < -0.4 is 5.73 Å². The highest BCUT2D eigenvalue weighted by Crippen LogP contribution is 2.36. The molecule has 2 aromatic rings. The third-order valence-corrected chi connectivity index (χ3v) is 4.86. The standard InChI is InChI=1S/C21H29NO/c1-4-7-8-11-15(5-2)19-16(6-3)14-17-12-9-10-13-18(17)20(19)21(22)23/h9-10,12-15H,4-8,11H2,1-3H3,(H2,22,23). The van der Waals surface area contributed by atoms with Crippen LogP contribution in [0.3, 0.4) is 0 Å². The van der Waals surface area contributed by atoms with Crippen molar-refractivity contribution in [1.29, 1.82) is 0 Å². The summed E-state index contributed by atoms with van der Waals surface area (Å²) < 4.78 is 0. The average molecular weight is 311 g/mol. The zero-order valence-electron chi connectivity index (χ0n) is 14.7. The number of hydrogen-bond donors (Lipinski definition) is 1. The second-order valence-electron chi connectivity index (χ2n) is 6.36. The highest BCUT2D eigenvalue weighted by molar-refractivity contribution is 6.08. The Morgan fingerprint density at radius 3 is 2.48 bits per heavy atom. The minimum absolute atomic E-state index is 0.291.